The van der Waals surface area contributed by atoms with Gasteiger partial charge in [-0.05, 0) is 52.9 Å². The summed E-state index contributed by atoms with van der Waals surface area (Å²) < 4.78 is 5.82. The van der Waals surface area contributed by atoms with Crippen molar-refractivity contribution in [2.75, 3.05) is 0 Å². The number of hydrogen-bond donors (Lipinski definition) is 1. The van der Waals surface area contributed by atoms with Crippen molar-refractivity contribution in [2.45, 2.75) is 26.2 Å². The van der Waals surface area contributed by atoms with Gasteiger partial charge in [-0.3, -0.25) is 0 Å². The molecule has 0 atom stereocenters. The van der Waals surface area contributed by atoms with E-state index in [2.05, 4.69) is 32.9 Å². The second-order valence-corrected chi connectivity index (χ2v) is 6.13. The largest absolute Gasteiger partial charge is 0.457 e. The minimum absolute atomic E-state index is 0.130. The zero-order valence-corrected chi connectivity index (χ0v) is 13.1. The molecular weight excluding hydrogens is 272 g/mol. The van der Waals surface area contributed by atoms with Gasteiger partial charge >= 0.3 is 0 Å². The number of nitrogens with zero attached hydrogens (tertiary/aromatic N) is 1. The molecule has 3 nitrogen and oxygen atoms in total. The molecule has 2 N–H and O–H groups in total. The Morgan fingerprint density at radius 1 is 1.00 bits per heavy atom. The fourth-order valence-electron chi connectivity index (χ4n) is 2.03. The molecule has 0 unspecified atom stereocenters. The number of allylic oxidation sites excluding steroid dienone is 1. The Morgan fingerprint density at radius 2 is 1.50 bits per heavy atom. The number of nitriles is 1. The fourth-order valence-corrected chi connectivity index (χ4v) is 2.03. The van der Waals surface area contributed by atoms with Gasteiger partial charge in [0.05, 0.1) is 6.07 Å². The van der Waals surface area contributed by atoms with E-state index < -0.39 is 0 Å². The lowest BCUT2D eigenvalue weighted by Gasteiger charge is -2.19. The summed E-state index contributed by atoms with van der Waals surface area (Å²) in [4.78, 5) is 0. The van der Waals surface area contributed by atoms with Crippen LogP contribution in [0.1, 0.15) is 31.9 Å². The maximum Gasteiger partial charge on any atom is 0.127 e. The molecule has 3 heteroatoms. The lowest BCUT2D eigenvalue weighted by atomic mass is 9.87. The lowest BCUT2D eigenvalue weighted by Crippen LogP contribution is -2.10. The van der Waals surface area contributed by atoms with Gasteiger partial charge in [0.1, 0.15) is 11.5 Å². The Bertz CT molecular complexity index is 699. The van der Waals surface area contributed by atoms with E-state index in [0.717, 1.165) is 17.1 Å². The first-order chi connectivity index (χ1) is 10.4. The van der Waals surface area contributed by atoms with Crippen LogP contribution in [0.4, 0.5) is 0 Å². The lowest BCUT2D eigenvalue weighted by molar-refractivity contribution is 0.481. The van der Waals surface area contributed by atoms with Gasteiger partial charge in [-0.1, -0.05) is 32.9 Å². The minimum Gasteiger partial charge on any atom is -0.457 e. The SMILES string of the molecule is CC(C)(C)c1ccc(Oc2ccc(C(N)=CC#N)cc2)cc1. The van der Waals surface area contributed by atoms with E-state index in [0.29, 0.717) is 5.70 Å². The molecular formula is C19H20N2O. The number of nitrogens with two attached hydrogens (primary N) is 1. The van der Waals surface area contributed by atoms with Crippen LogP contribution in [-0.4, -0.2) is 0 Å². The monoisotopic (exact) mass is 292 g/mol. The molecule has 0 aliphatic carbocycles. The Kier molecular flexibility index (Phi) is 4.53. The zero-order valence-electron chi connectivity index (χ0n) is 13.1. The molecule has 112 valence electrons. The number of hydrogen-bond acceptors (Lipinski definition) is 3. The summed E-state index contributed by atoms with van der Waals surface area (Å²) in [5.41, 5.74) is 8.41. The molecule has 22 heavy (non-hydrogen) atoms. The van der Waals surface area contributed by atoms with E-state index in [1.807, 2.05) is 42.5 Å². The van der Waals surface area contributed by atoms with Crippen molar-refractivity contribution in [3.05, 3.63) is 65.7 Å². The van der Waals surface area contributed by atoms with Crippen LogP contribution in [0, 0.1) is 11.3 Å². The standard InChI is InChI=1S/C19H20N2O/c1-19(2,3)15-6-10-17(11-7-15)22-16-8-4-14(5-9-16)18(21)12-13-20/h4-12H,21H2,1-3H3. The number of ether oxygens (including phenoxy) is 1. The fraction of sp³-hybridized carbons (Fsp3) is 0.211. The predicted molar refractivity (Wildman–Crippen MR) is 89.4 cm³/mol. The molecule has 0 heterocycles. The third-order valence-electron chi connectivity index (χ3n) is 3.36. The van der Waals surface area contributed by atoms with Gasteiger partial charge in [0.15, 0.2) is 0 Å². The van der Waals surface area contributed by atoms with E-state index in [9.17, 15) is 0 Å². The van der Waals surface area contributed by atoms with Gasteiger partial charge in [0.2, 0.25) is 0 Å². The summed E-state index contributed by atoms with van der Waals surface area (Å²) in [5, 5.41) is 8.60. The van der Waals surface area contributed by atoms with Gasteiger partial charge < -0.3 is 10.5 Å². The predicted octanol–water partition coefficient (Wildman–Crippen LogP) is 4.60. The van der Waals surface area contributed by atoms with Crippen LogP contribution < -0.4 is 10.5 Å². The topological polar surface area (TPSA) is 59.0 Å². The first kappa shape index (κ1) is 15.7. The maximum atomic E-state index is 8.60. The first-order valence-corrected chi connectivity index (χ1v) is 7.14. The molecule has 2 rings (SSSR count). The summed E-state index contributed by atoms with van der Waals surface area (Å²) in [6.45, 7) is 6.54. The zero-order chi connectivity index (χ0) is 16.2. The third kappa shape index (κ3) is 3.89. The molecule has 2 aromatic carbocycles. The van der Waals surface area contributed by atoms with Gasteiger partial charge in [-0.25, -0.2) is 0 Å². The second-order valence-electron chi connectivity index (χ2n) is 6.13. The van der Waals surface area contributed by atoms with E-state index in [4.69, 9.17) is 15.7 Å². The average molecular weight is 292 g/mol. The van der Waals surface area contributed by atoms with Gasteiger partial charge in [-0.2, -0.15) is 5.26 Å². The van der Waals surface area contributed by atoms with Gasteiger partial charge in [-0.15, -0.1) is 0 Å². The van der Waals surface area contributed by atoms with Crippen LogP contribution in [-0.2, 0) is 5.41 Å². The molecule has 0 spiro atoms. The maximum absolute atomic E-state index is 8.60. The molecule has 0 aliphatic rings. The molecule has 0 saturated carbocycles. The Hall–Kier alpha value is -2.73. The molecule has 0 amide bonds. The van der Waals surface area contributed by atoms with E-state index in [1.54, 1.807) is 0 Å². The third-order valence-corrected chi connectivity index (χ3v) is 3.36. The molecule has 0 aliphatic heterocycles. The highest BCUT2D eigenvalue weighted by atomic mass is 16.5. The van der Waals surface area contributed by atoms with Crippen LogP contribution in [0.25, 0.3) is 5.70 Å². The van der Waals surface area contributed by atoms with E-state index in [1.165, 1.54) is 11.6 Å². The highest BCUT2D eigenvalue weighted by Crippen LogP contribution is 2.27. The minimum atomic E-state index is 0.130. The second kappa shape index (κ2) is 6.36. The molecule has 0 saturated heterocycles. The highest BCUT2D eigenvalue weighted by Gasteiger charge is 2.13. The summed E-state index contributed by atoms with van der Waals surface area (Å²) in [5.74, 6) is 1.53. The molecule has 2 aromatic rings. The Morgan fingerprint density at radius 3 is 1.95 bits per heavy atom. The Labute approximate surface area is 131 Å². The smallest absolute Gasteiger partial charge is 0.127 e. The van der Waals surface area contributed by atoms with Gasteiger partial charge in [0, 0.05) is 11.8 Å². The summed E-state index contributed by atoms with van der Waals surface area (Å²) in [6, 6.07) is 17.4. The van der Waals surface area contributed by atoms with E-state index in [-0.39, 0.29) is 5.41 Å². The van der Waals surface area contributed by atoms with Crippen LogP contribution in [0.5, 0.6) is 11.5 Å². The number of rotatable bonds is 3. The number of benzene rings is 2. The van der Waals surface area contributed by atoms with Crippen LogP contribution in [0.2, 0.25) is 0 Å². The van der Waals surface area contributed by atoms with E-state index >= 15 is 0 Å². The van der Waals surface area contributed by atoms with Crippen molar-refractivity contribution in [3.8, 4) is 17.6 Å². The Balaban J connectivity index is 2.11. The van der Waals surface area contributed by atoms with Crippen molar-refractivity contribution in [3.63, 3.8) is 0 Å². The van der Waals surface area contributed by atoms with Crippen LogP contribution >= 0.6 is 0 Å². The van der Waals surface area contributed by atoms with Crippen molar-refractivity contribution in [2.24, 2.45) is 5.73 Å². The molecule has 0 fully saturated rings. The van der Waals surface area contributed by atoms with Crippen molar-refractivity contribution in [1.82, 2.24) is 0 Å². The summed E-state index contributed by atoms with van der Waals surface area (Å²) in [6.07, 6.45) is 1.32. The molecule has 0 bridgehead atoms. The van der Waals surface area contributed by atoms with Crippen molar-refractivity contribution < 1.29 is 4.74 Å². The summed E-state index contributed by atoms with van der Waals surface area (Å²) >= 11 is 0. The van der Waals surface area contributed by atoms with Gasteiger partial charge in [0.25, 0.3) is 0 Å². The first-order valence-electron chi connectivity index (χ1n) is 7.14. The van der Waals surface area contributed by atoms with Crippen molar-refractivity contribution >= 4 is 5.70 Å². The van der Waals surface area contributed by atoms with Crippen LogP contribution in [0.3, 0.4) is 0 Å². The normalized spacial score (nSPS) is 11.8. The average Bonchev–Trinajstić information content (AvgIpc) is 2.48. The van der Waals surface area contributed by atoms with Crippen LogP contribution in [0.15, 0.2) is 54.6 Å². The van der Waals surface area contributed by atoms with Crippen molar-refractivity contribution in [1.29, 1.82) is 5.26 Å². The summed E-state index contributed by atoms with van der Waals surface area (Å²) in [7, 11) is 0. The highest BCUT2D eigenvalue weighted by molar-refractivity contribution is 5.65. The molecule has 0 aromatic heterocycles. The molecule has 0 radical (unpaired) electrons. The quantitative estimate of drug-likeness (QED) is 0.841.